The highest BCUT2D eigenvalue weighted by Crippen LogP contribution is 2.25. The van der Waals surface area contributed by atoms with Crippen LogP contribution in [-0.2, 0) is 6.42 Å². The number of carboxylic acids is 1. The van der Waals surface area contributed by atoms with Gasteiger partial charge in [0.15, 0.2) is 0 Å². The zero-order valence-electron chi connectivity index (χ0n) is 17.1. The maximum Gasteiger partial charge on any atom is 0.335 e. The molecule has 1 amide bonds. The third-order valence-electron chi connectivity index (χ3n) is 5.34. The third-order valence-corrected chi connectivity index (χ3v) is 5.34. The minimum atomic E-state index is -0.920. The predicted octanol–water partition coefficient (Wildman–Crippen LogP) is 4.55. The van der Waals surface area contributed by atoms with E-state index in [2.05, 4.69) is 10.3 Å². The van der Waals surface area contributed by atoms with Crippen molar-refractivity contribution in [2.75, 3.05) is 0 Å². The third kappa shape index (κ3) is 4.40. The van der Waals surface area contributed by atoms with Gasteiger partial charge in [0.05, 0.1) is 11.3 Å². The van der Waals surface area contributed by atoms with Crippen molar-refractivity contribution in [1.29, 1.82) is 0 Å². The number of hydrogen-bond donors (Lipinski definition) is 2. The molecule has 4 rings (SSSR count). The number of amides is 1. The van der Waals surface area contributed by atoms with E-state index in [0.717, 1.165) is 46.4 Å². The summed E-state index contributed by atoms with van der Waals surface area (Å²) in [6, 6.07) is 15.3. The first-order valence-electron chi connectivity index (χ1n) is 10.1. The van der Waals surface area contributed by atoms with E-state index in [1.54, 1.807) is 12.3 Å². The summed E-state index contributed by atoms with van der Waals surface area (Å²) in [7, 11) is 0. The average Bonchev–Trinajstić information content (AvgIpc) is 3.53. The van der Waals surface area contributed by atoms with Crippen molar-refractivity contribution < 1.29 is 14.7 Å². The Labute approximate surface area is 175 Å². The van der Waals surface area contributed by atoms with E-state index in [-0.39, 0.29) is 5.91 Å². The largest absolute Gasteiger partial charge is 0.478 e. The molecule has 0 atom stereocenters. The topological polar surface area (TPSA) is 79.3 Å². The molecule has 2 aromatic carbocycles. The molecule has 0 bridgehead atoms. The van der Waals surface area contributed by atoms with Crippen molar-refractivity contribution in [2.24, 2.45) is 0 Å². The number of nitrogens with one attached hydrogen (secondary N) is 1. The fourth-order valence-corrected chi connectivity index (χ4v) is 3.60. The number of pyridine rings is 1. The molecule has 0 aliphatic heterocycles. The van der Waals surface area contributed by atoms with Crippen LogP contribution in [0.3, 0.4) is 0 Å². The van der Waals surface area contributed by atoms with Crippen LogP contribution < -0.4 is 5.32 Å². The Morgan fingerprint density at radius 3 is 2.60 bits per heavy atom. The zero-order chi connectivity index (χ0) is 21.3. The summed E-state index contributed by atoms with van der Waals surface area (Å²) in [5.41, 5.74) is 6.29. The zero-order valence-corrected chi connectivity index (χ0v) is 17.1. The van der Waals surface area contributed by atoms with Gasteiger partial charge in [0.1, 0.15) is 0 Å². The maximum atomic E-state index is 12.4. The van der Waals surface area contributed by atoms with Crippen LogP contribution in [0.4, 0.5) is 0 Å². The fourth-order valence-electron chi connectivity index (χ4n) is 3.60. The first kappa shape index (κ1) is 19.8. The van der Waals surface area contributed by atoms with Crippen molar-refractivity contribution in [3.05, 3.63) is 88.1 Å². The van der Waals surface area contributed by atoms with Crippen molar-refractivity contribution in [3.8, 4) is 11.3 Å². The Morgan fingerprint density at radius 1 is 1.10 bits per heavy atom. The molecular weight excluding hydrogens is 376 g/mol. The van der Waals surface area contributed by atoms with Crippen LogP contribution in [0, 0.1) is 13.8 Å². The summed E-state index contributed by atoms with van der Waals surface area (Å²) in [4.78, 5) is 28.6. The monoisotopic (exact) mass is 400 g/mol. The molecule has 1 fully saturated rings. The first-order valence-corrected chi connectivity index (χ1v) is 10.1. The minimum Gasteiger partial charge on any atom is -0.478 e. The molecule has 3 aromatic rings. The van der Waals surface area contributed by atoms with Crippen LogP contribution in [-0.4, -0.2) is 28.0 Å². The summed E-state index contributed by atoms with van der Waals surface area (Å²) in [6.07, 6.45) is 4.39. The lowest BCUT2D eigenvalue weighted by atomic mass is 9.97. The van der Waals surface area contributed by atoms with E-state index in [4.69, 9.17) is 0 Å². The van der Waals surface area contributed by atoms with Gasteiger partial charge in [-0.25, -0.2) is 4.79 Å². The summed E-state index contributed by atoms with van der Waals surface area (Å²) in [6.45, 7) is 3.87. The summed E-state index contributed by atoms with van der Waals surface area (Å²) in [5.74, 6) is -0.967. The second kappa shape index (κ2) is 8.11. The molecule has 5 nitrogen and oxygen atoms in total. The second-order valence-corrected chi connectivity index (χ2v) is 7.98. The van der Waals surface area contributed by atoms with Gasteiger partial charge in [0.2, 0.25) is 0 Å². The van der Waals surface area contributed by atoms with Crippen molar-refractivity contribution in [1.82, 2.24) is 10.3 Å². The van der Waals surface area contributed by atoms with Crippen molar-refractivity contribution in [3.63, 3.8) is 0 Å². The molecule has 1 aromatic heterocycles. The molecule has 0 spiro atoms. The van der Waals surface area contributed by atoms with Gasteiger partial charge in [-0.15, -0.1) is 0 Å². The molecule has 1 saturated carbocycles. The first-order chi connectivity index (χ1) is 14.4. The predicted molar refractivity (Wildman–Crippen MR) is 116 cm³/mol. The molecule has 0 saturated heterocycles. The highest BCUT2D eigenvalue weighted by molar-refractivity contribution is 5.95. The molecule has 2 N–H and O–H groups in total. The molecule has 5 heteroatoms. The lowest BCUT2D eigenvalue weighted by molar-refractivity contribution is 0.0695. The molecule has 152 valence electrons. The number of carbonyl (C=O) groups excluding carboxylic acids is 1. The second-order valence-electron chi connectivity index (χ2n) is 7.98. The Kier molecular flexibility index (Phi) is 5.36. The SMILES string of the molecule is Cc1ccc(Cc2cnc(-c3cccc(C(=O)NC4CC4)c3)c(C)c2)c(C(=O)O)c1. The van der Waals surface area contributed by atoms with E-state index >= 15 is 0 Å². The lowest BCUT2D eigenvalue weighted by Crippen LogP contribution is -2.25. The molecule has 0 radical (unpaired) electrons. The van der Waals surface area contributed by atoms with E-state index < -0.39 is 5.97 Å². The van der Waals surface area contributed by atoms with E-state index in [9.17, 15) is 14.7 Å². The molecular formula is C25H24N2O3. The number of carbonyl (C=O) groups is 2. The van der Waals surface area contributed by atoms with Gasteiger partial charge in [-0.2, -0.15) is 0 Å². The number of aromatic nitrogens is 1. The highest BCUT2D eigenvalue weighted by Gasteiger charge is 2.24. The Hall–Kier alpha value is -3.47. The lowest BCUT2D eigenvalue weighted by Gasteiger charge is -2.11. The average molecular weight is 400 g/mol. The standard InChI is InChI=1S/C25H24N2O3/c1-15-6-7-18(22(10-15)25(29)30)12-17-11-16(2)23(26-14-17)19-4-3-5-20(13-19)24(28)27-21-8-9-21/h3-7,10-11,13-14,21H,8-9,12H2,1-2H3,(H,27,28)(H,29,30). The van der Waals surface area contributed by atoms with E-state index in [1.807, 2.05) is 56.3 Å². The summed E-state index contributed by atoms with van der Waals surface area (Å²) >= 11 is 0. The molecule has 30 heavy (non-hydrogen) atoms. The maximum absolute atomic E-state index is 12.4. The number of benzene rings is 2. The summed E-state index contributed by atoms with van der Waals surface area (Å²) in [5, 5.41) is 12.5. The van der Waals surface area contributed by atoms with E-state index in [1.165, 1.54) is 0 Å². The van der Waals surface area contributed by atoms with Gasteiger partial charge in [-0.1, -0.05) is 35.9 Å². The summed E-state index contributed by atoms with van der Waals surface area (Å²) < 4.78 is 0. The van der Waals surface area contributed by atoms with Gasteiger partial charge < -0.3 is 10.4 Å². The van der Waals surface area contributed by atoms with E-state index in [0.29, 0.717) is 23.6 Å². The van der Waals surface area contributed by atoms with Gasteiger partial charge in [0.25, 0.3) is 5.91 Å². The van der Waals surface area contributed by atoms with Gasteiger partial charge in [-0.05, 0) is 68.0 Å². The Balaban J connectivity index is 1.58. The van der Waals surface area contributed by atoms with Gasteiger partial charge >= 0.3 is 5.97 Å². The molecule has 1 heterocycles. The number of aromatic carboxylic acids is 1. The number of carboxylic acid groups (broad SMARTS) is 1. The smallest absolute Gasteiger partial charge is 0.335 e. The van der Waals surface area contributed by atoms with Crippen molar-refractivity contribution >= 4 is 11.9 Å². The fraction of sp³-hybridized carbons (Fsp3) is 0.240. The van der Waals surface area contributed by atoms with Crippen LogP contribution in [0.25, 0.3) is 11.3 Å². The van der Waals surface area contributed by atoms with Crippen LogP contribution in [0.5, 0.6) is 0 Å². The Morgan fingerprint density at radius 2 is 1.90 bits per heavy atom. The quantitative estimate of drug-likeness (QED) is 0.636. The minimum absolute atomic E-state index is 0.0470. The number of aryl methyl sites for hydroxylation is 2. The normalized spacial score (nSPS) is 13.1. The highest BCUT2D eigenvalue weighted by atomic mass is 16.4. The van der Waals surface area contributed by atoms with Crippen LogP contribution in [0.15, 0.2) is 54.7 Å². The number of rotatable bonds is 6. The number of nitrogens with zero attached hydrogens (tertiary/aromatic N) is 1. The number of hydrogen-bond acceptors (Lipinski definition) is 3. The molecule has 0 unspecified atom stereocenters. The van der Waals surface area contributed by atoms with Gasteiger partial charge in [0, 0.05) is 23.4 Å². The van der Waals surface area contributed by atoms with Gasteiger partial charge in [-0.3, -0.25) is 9.78 Å². The van der Waals surface area contributed by atoms with Crippen LogP contribution in [0.2, 0.25) is 0 Å². The molecule has 1 aliphatic carbocycles. The van der Waals surface area contributed by atoms with Crippen LogP contribution >= 0.6 is 0 Å². The van der Waals surface area contributed by atoms with Crippen molar-refractivity contribution in [2.45, 2.75) is 39.2 Å². The Bertz CT molecular complexity index is 1130. The molecule has 1 aliphatic rings. The van der Waals surface area contributed by atoms with Crippen LogP contribution in [0.1, 0.15) is 55.8 Å².